The second kappa shape index (κ2) is 11.3. The summed E-state index contributed by atoms with van der Waals surface area (Å²) < 4.78 is 11.5. The molecule has 9 heteroatoms. The van der Waals surface area contributed by atoms with E-state index in [1.807, 2.05) is 92.3 Å². The zero-order chi connectivity index (χ0) is 25.7. The van der Waals surface area contributed by atoms with E-state index in [-0.39, 0.29) is 5.91 Å². The van der Waals surface area contributed by atoms with Crippen LogP contribution in [0.1, 0.15) is 35.3 Å². The molecule has 2 aromatic carbocycles. The van der Waals surface area contributed by atoms with Gasteiger partial charge in [0, 0.05) is 38.3 Å². The Hall–Kier alpha value is -3.85. The molecule has 1 unspecified atom stereocenters. The van der Waals surface area contributed by atoms with Gasteiger partial charge in [0.2, 0.25) is 12.1 Å². The van der Waals surface area contributed by atoms with E-state index in [1.54, 1.807) is 5.01 Å². The van der Waals surface area contributed by atoms with Crippen LogP contribution in [0.25, 0.3) is 0 Å². The molecule has 5 rings (SSSR count). The van der Waals surface area contributed by atoms with Gasteiger partial charge in [-0.05, 0) is 29.8 Å². The van der Waals surface area contributed by atoms with E-state index in [4.69, 9.17) is 20.2 Å². The van der Waals surface area contributed by atoms with Crippen molar-refractivity contribution in [2.45, 2.75) is 20.1 Å². The smallest absolute Gasteiger partial charge is 0.254 e. The number of likely N-dealkylation sites (N-methyl/N-ethyl adjacent to an activating group) is 2. The summed E-state index contributed by atoms with van der Waals surface area (Å²) in [7, 11) is 3.77. The Labute approximate surface area is 212 Å². The minimum atomic E-state index is -0.532. The molecule has 2 N–H and O–H groups in total. The number of benzene rings is 2. The fraction of sp³-hybridized carbons (Fsp3) is 0.370. The molecule has 3 heterocycles. The molecule has 1 saturated heterocycles. The third kappa shape index (κ3) is 5.21. The van der Waals surface area contributed by atoms with E-state index in [9.17, 15) is 4.79 Å². The lowest BCUT2D eigenvalue weighted by Crippen LogP contribution is -2.40. The predicted octanol–water partition coefficient (Wildman–Crippen LogP) is 2.70. The predicted molar refractivity (Wildman–Crippen MR) is 141 cm³/mol. The van der Waals surface area contributed by atoms with E-state index >= 15 is 0 Å². The van der Waals surface area contributed by atoms with E-state index in [0.29, 0.717) is 55.8 Å². The second-order valence-electron chi connectivity index (χ2n) is 8.48. The highest BCUT2D eigenvalue weighted by Crippen LogP contribution is 2.27. The molecule has 36 heavy (non-hydrogen) atoms. The van der Waals surface area contributed by atoms with Crippen LogP contribution in [0.5, 0.6) is 0 Å². The quantitative estimate of drug-likeness (QED) is 0.708. The van der Waals surface area contributed by atoms with Crippen LogP contribution in [0.15, 0.2) is 76.2 Å². The number of nitrogens with two attached hydrogens (primary N) is 1. The molecule has 3 aliphatic heterocycles. The first-order valence-electron chi connectivity index (χ1n) is 12.3. The van der Waals surface area contributed by atoms with E-state index < -0.39 is 6.23 Å². The Morgan fingerprint density at radius 3 is 2.31 bits per heavy atom. The highest BCUT2D eigenvalue weighted by atomic mass is 16.5. The summed E-state index contributed by atoms with van der Waals surface area (Å²) in [5.74, 6) is 1.10. The summed E-state index contributed by atoms with van der Waals surface area (Å²) in [6.07, 6.45) is -0.532. The average molecular weight is 491 g/mol. The molecule has 0 saturated carbocycles. The molecule has 190 valence electrons. The Morgan fingerprint density at radius 2 is 1.64 bits per heavy atom. The number of amides is 1. The normalized spacial score (nSPS) is 19.8. The van der Waals surface area contributed by atoms with E-state index in [0.717, 1.165) is 16.8 Å². The Balaban J connectivity index is 0.00000148. The fourth-order valence-electron chi connectivity index (χ4n) is 4.18. The van der Waals surface area contributed by atoms with Crippen molar-refractivity contribution in [3.63, 3.8) is 0 Å². The van der Waals surface area contributed by atoms with Crippen LogP contribution in [0.2, 0.25) is 0 Å². The standard InChI is InChI=1S/C25H28N6O3.C2H6/c1-29-16-20(17-8-10-19(11-9-17)24(32)31-12-14-33-15-13-31)27-21(22(29)26)25-30(2)28-23(34-25)18-6-4-3-5-7-18;1-2/h3-11,25H,12-16,26H2,1-2H3;1-2H3. The maximum absolute atomic E-state index is 12.8. The minimum Gasteiger partial charge on any atom is -0.444 e. The molecule has 0 aromatic heterocycles. The molecule has 9 nitrogen and oxygen atoms in total. The van der Waals surface area contributed by atoms with Crippen molar-refractivity contribution < 1.29 is 14.3 Å². The van der Waals surface area contributed by atoms with Crippen molar-refractivity contribution in [3.05, 3.63) is 82.8 Å². The Morgan fingerprint density at radius 1 is 0.972 bits per heavy atom. The summed E-state index contributed by atoms with van der Waals surface area (Å²) in [5, 5.41) is 6.28. The number of carbonyl (C=O) groups is 1. The highest BCUT2D eigenvalue weighted by Gasteiger charge is 2.34. The van der Waals surface area contributed by atoms with Gasteiger partial charge in [-0.2, -0.15) is 0 Å². The number of ether oxygens (including phenoxy) is 2. The van der Waals surface area contributed by atoms with Crippen LogP contribution in [-0.2, 0) is 9.47 Å². The number of aliphatic imine (C=N–C) groups is 1. The van der Waals surface area contributed by atoms with Crippen molar-refractivity contribution in [3.8, 4) is 0 Å². The molecule has 3 aliphatic rings. The third-order valence-electron chi connectivity index (χ3n) is 6.15. The molecule has 0 aliphatic carbocycles. The van der Waals surface area contributed by atoms with Gasteiger partial charge in [0.15, 0.2) is 0 Å². The van der Waals surface area contributed by atoms with Crippen molar-refractivity contribution >= 4 is 17.5 Å². The maximum atomic E-state index is 12.8. The van der Waals surface area contributed by atoms with E-state index in [2.05, 4.69) is 5.10 Å². The topological polar surface area (TPSA) is 96.0 Å². The fourth-order valence-corrected chi connectivity index (χ4v) is 4.18. The lowest BCUT2D eigenvalue weighted by molar-refractivity contribution is 0.0303. The summed E-state index contributed by atoms with van der Waals surface area (Å²) in [6, 6.07) is 17.3. The number of hydrogen-bond acceptors (Lipinski definition) is 8. The molecular weight excluding hydrogens is 456 g/mol. The first-order valence-corrected chi connectivity index (χ1v) is 12.3. The molecule has 0 radical (unpaired) electrons. The minimum absolute atomic E-state index is 0.0222. The molecule has 0 spiro atoms. The molecular formula is C27H34N6O3. The van der Waals surface area contributed by atoms with Crippen LogP contribution < -0.4 is 5.73 Å². The molecule has 1 fully saturated rings. The summed E-state index contributed by atoms with van der Waals surface area (Å²) in [6.45, 7) is 6.95. The zero-order valence-electron chi connectivity index (χ0n) is 21.3. The molecule has 2 aromatic rings. The number of hydrogen-bond donors (Lipinski definition) is 1. The van der Waals surface area contributed by atoms with Crippen LogP contribution in [0, 0.1) is 0 Å². The number of hydrazone groups is 1. The van der Waals surface area contributed by atoms with Crippen LogP contribution >= 0.6 is 0 Å². The SMILES string of the molecule is CC.CN1CC(c2ccc(C(=O)N3CCOCC3)cc2)=NC(C2OC(c3ccccc3)=NN2C)=C1N. The van der Waals surface area contributed by atoms with Crippen molar-refractivity contribution in [2.24, 2.45) is 15.8 Å². The number of carbonyl (C=O) groups excluding carboxylic acids is 1. The number of morpholine rings is 1. The maximum Gasteiger partial charge on any atom is 0.254 e. The lowest BCUT2D eigenvalue weighted by atomic mass is 10.0. The van der Waals surface area contributed by atoms with Crippen molar-refractivity contribution in [1.82, 2.24) is 14.8 Å². The Kier molecular flexibility index (Phi) is 7.90. The van der Waals surface area contributed by atoms with E-state index in [1.165, 1.54) is 0 Å². The summed E-state index contributed by atoms with van der Waals surface area (Å²) >= 11 is 0. The molecule has 1 amide bonds. The first kappa shape index (κ1) is 25.2. The number of rotatable bonds is 4. The third-order valence-corrected chi connectivity index (χ3v) is 6.15. The van der Waals surface area contributed by atoms with Gasteiger partial charge in [0.05, 0.1) is 25.5 Å². The first-order chi connectivity index (χ1) is 17.5. The highest BCUT2D eigenvalue weighted by molar-refractivity contribution is 6.04. The second-order valence-corrected chi connectivity index (χ2v) is 8.48. The largest absolute Gasteiger partial charge is 0.444 e. The van der Waals surface area contributed by atoms with Crippen molar-refractivity contribution in [2.75, 3.05) is 46.9 Å². The lowest BCUT2D eigenvalue weighted by Gasteiger charge is -2.30. The van der Waals surface area contributed by atoms with Gasteiger partial charge >= 0.3 is 0 Å². The van der Waals surface area contributed by atoms with Gasteiger partial charge in [-0.1, -0.05) is 44.2 Å². The average Bonchev–Trinajstić information content (AvgIpc) is 3.33. The summed E-state index contributed by atoms with van der Waals surface area (Å²) in [4.78, 5) is 21.4. The van der Waals surface area contributed by atoms with Crippen LogP contribution in [-0.4, -0.2) is 85.5 Å². The zero-order valence-corrected chi connectivity index (χ0v) is 21.3. The van der Waals surface area contributed by atoms with Gasteiger partial charge < -0.3 is 25.0 Å². The van der Waals surface area contributed by atoms with Gasteiger partial charge in [-0.15, -0.1) is 5.10 Å². The Bertz CT molecular complexity index is 1150. The summed E-state index contributed by atoms with van der Waals surface area (Å²) in [5.41, 5.74) is 10.4. The van der Waals surface area contributed by atoms with Crippen LogP contribution in [0.3, 0.4) is 0 Å². The monoisotopic (exact) mass is 490 g/mol. The van der Waals surface area contributed by atoms with Crippen molar-refractivity contribution in [1.29, 1.82) is 0 Å². The van der Waals surface area contributed by atoms with Gasteiger partial charge in [-0.25, -0.2) is 4.99 Å². The van der Waals surface area contributed by atoms with Gasteiger partial charge in [0.1, 0.15) is 11.5 Å². The molecule has 0 bridgehead atoms. The van der Waals surface area contributed by atoms with Crippen LogP contribution in [0.4, 0.5) is 0 Å². The molecule has 1 atom stereocenters. The van der Waals surface area contributed by atoms with Gasteiger partial charge in [0.25, 0.3) is 5.91 Å². The van der Waals surface area contributed by atoms with Gasteiger partial charge in [-0.3, -0.25) is 9.80 Å². The number of nitrogens with zero attached hydrogens (tertiary/aromatic N) is 5.